The predicted molar refractivity (Wildman–Crippen MR) is 126 cm³/mol. The fourth-order valence-electron chi connectivity index (χ4n) is 3.23. The molecule has 0 saturated heterocycles. The second kappa shape index (κ2) is 9.79. The third-order valence-electron chi connectivity index (χ3n) is 4.97. The number of ether oxygens (including phenoxy) is 3. The van der Waals surface area contributed by atoms with Gasteiger partial charge in [-0.15, -0.1) is 0 Å². The molecule has 3 aromatic carbocycles. The van der Waals surface area contributed by atoms with Gasteiger partial charge in [-0.25, -0.2) is 0 Å². The highest BCUT2D eigenvalue weighted by Crippen LogP contribution is 2.32. The maximum atomic E-state index is 13.2. The lowest BCUT2D eigenvalue weighted by Gasteiger charge is -2.11. The first-order valence-corrected chi connectivity index (χ1v) is 10.6. The van der Waals surface area contributed by atoms with E-state index in [0.717, 1.165) is 5.56 Å². The third kappa shape index (κ3) is 5.18. The molecule has 7 heteroatoms. The van der Waals surface area contributed by atoms with E-state index in [0.29, 0.717) is 27.7 Å². The molecular formula is C26H21ClO6. The molecule has 0 atom stereocenters. The Morgan fingerprint density at radius 3 is 2.36 bits per heavy atom. The molecule has 0 radical (unpaired) electrons. The van der Waals surface area contributed by atoms with Gasteiger partial charge >= 0.3 is 5.97 Å². The smallest absolute Gasteiger partial charge is 0.314 e. The van der Waals surface area contributed by atoms with Crippen LogP contribution in [-0.2, 0) is 4.79 Å². The summed E-state index contributed by atoms with van der Waals surface area (Å²) in [5.74, 6) is 0.671. The largest absolute Gasteiger partial charge is 0.497 e. The standard InChI is InChI=1S/C26H21ClO6/c1-16-3-5-17(6-4-16)25-26(24(29)21-15-18(27)7-12-22(21)32-25)33-23(28)13-14-31-20-10-8-19(30-2)9-11-20/h3-12,15H,13-14H2,1-2H3. The van der Waals surface area contributed by atoms with Gasteiger partial charge in [-0.3, -0.25) is 9.59 Å². The Hall–Kier alpha value is -3.77. The Bertz CT molecular complexity index is 1340. The van der Waals surface area contributed by atoms with Crippen LogP contribution in [0.2, 0.25) is 5.02 Å². The van der Waals surface area contributed by atoms with Crippen LogP contribution in [0.1, 0.15) is 12.0 Å². The van der Waals surface area contributed by atoms with Crippen molar-refractivity contribution in [3.8, 4) is 28.6 Å². The highest BCUT2D eigenvalue weighted by atomic mass is 35.5. The van der Waals surface area contributed by atoms with Crippen molar-refractivity contribution < 1.29 is 23.4 Å². The number of halogens is 1. The van der Waals surface area contributed by atoms with Crippen LogP contribution < -0.4 is 19.6 Å². The highest BCUT2D eigenvalue weighted by Gasteiger charge is 2.21. The summed E-state index contributed by atoms with van der Waals surface area (Å²) in [4.78, 5) is 25.8. The molecule has 1 aromatic heterocycles. The molecule has 0 spiro atoms. The molecule has 0 unspecified atom stereocenters. The van der Waals surface area contributed by atoms with Crippen LogP contribution in [0.15, 0.2) is 75.9 Å². The Kier molecular flexibility index (Phi) is 6.66. The van der Waals surface area contributed by atoms with Gasteiger partial charge in [-0.05, 0) is 49.4 Å². The molecular weight excluding hydrogens is 444 g/mol. The van der Waals surface area contributed by atoms with Crippen LogP contribution in [0, 0.1) is 6.92 Å². The summed E-state index contributed by atoms with van der Waals surface area (Å²) >= 11 is 6.06. The maximum absolute atomic E-state index is 13.2. The van der Waals surface area contributed by atoms with Gasteiger partial charge in [0.25, 0.3) is 0 Å². The van der Waals surface area contributed by atoms with Gasteiger partial charge in [0, 0.05) is 10.6 Å². The zero-order valence-corrected chi connectivity index (χ0v) is 18.8. The second-order valence-electron chi connectivity index (χ2n) is 7.34. The van der Waals surface area contributed by atoms with E-state index >= 15 is 0 Å². The summed E-state index contributed by atoms with van der Waals surface area (Å²) in [6.07, 6.45) is -0.0631. The number of fused-ring (bicyclic) bond motifs is 1. The summed E-state index contributed by atoms with van der Waals surface area (Å²) in [6.45, 7) is 2.03. The molecule has 0 aliphatic heterocycles. The van der Waals surface area contributed by atoms with Crippen LogP contribution in [0.3, 0.4) is 0 Å². The van der Waals surface area contributed by atoms with Crippen molar-refractivity contribution >= 4 is 28.5 Å². The molecule has 33 heavy (non-hydrogen) atoms. The number of benzene rings is 3. The number of hydrogen-bond acceptors (Lipinski definition) is 6. The van der Waals surface area contributed by atoms with E-state index < -0.39 is 11.4 Å². The average molecular weight is 465 g/mol. The van der Waals surface area contributed by atoms with Crippen molar-refractivity contribution in [2.24, 2.45) is 0 Å². The average Bonchev–Trinajstić information content (AvgIpc) is 2.82. The molecule has 0 aliphatic carbocycles. The quantitative estimate of drug-likeness (QED) is 0.321. The molecule has 0 bridgehead atoms. The Morgan fingerprint density at radius 1 is 0.970 bits per heavy atom. The van der Waals surface area contributed by atoms with Gasteiger partial charge in [0.1, 0.15) is 17.1 Å². The number of rotatable bonds is 7. The number of aryl methyl sites for hydroxylation is 1. The minimum atomic E-state index is -0.620. The Labute approximate surface area is 195 Å². The summed E-state index contributed by atoms with van der Waals surface area (Å²) < 4.78 is 22.2. The van der Waals surface area contributed by atoms with E-state index in [9.17, 15) is 9.59 Å². The number of carbonyl (C=O) groups is 1. The van der Waals surface area contributed by atoms with E-state index in [1.807, 2.05) is 19.1 Å². The fraction of sp³-hybridized carbons (Fsp3) is 0.154. The minimum Gasteiger partial charge on any atom is -0.497 e. The zero-order chi connectivity index (χ0) is 23.4. The molecule has 6 nitrogen and oxygen atoms in total. The van der Waals surface area contributed by atoms with Crippen LogP contribution in [-0.4, -0.2) is 19.7 Å². The number of hydrogen-bond donors (Lipinski definition) is 0. The van der Waals surface area contributed by atoms with Crippen molar-refractivity contribution in [3.63, 3.8) is 0 Å². The SMILES string of the molecule is COc1ccc(OCCC(=O)Oc2c(-c3ccc(C)cc3)oc3ccc(Cl)cc3c2=O)cc1. The molecule has 0 fully saturated rings. The van der Waals surface area contributed by atoms with Crippen LogP contribution in [0.4, 0.5) is 0 Å². The first kappa shape index (κ1) is 22.4. The normalized spacial score (nSPS) is 10.8. The van der Waals surface area contributed by atoms with Gasteiger partial charge in [-0.1, -0.05) is 41.4 Å². The van der Waals surface area contributed by atoms with E-state index in [1.165, 1.54) is 6.07 Å². The lowest BCUT2D eigenvalue weighted by atomic mass is 10.1. The van der Waals surface area contributed by atoms with E-state index in [4.69, 9.17) is 30.2 Å². The van der Waals surface area contributed by atoms with Crippen molar-refractivity contribution in [2.75, 3.05) is 13.7 Å². The van der Waals surface area contributed by atoms with Crippen molar-refractivity contribution in [1.82, 2.24) is 0 Å². The number of carbonyl (C=O) groups excluding carboxylic acids is 1. The lowest BCUT2D eigenvalue weighted by Crippen LogP contribution is -2.18. The van der Waals surface area contributed by atoms with Gasteiger partial charge in [0.2, 0.25) is 11.2 Å². The Morgan fingerprint density at radius 2 is 1.67 bits per heavy atom. The van der Waals surface area contributed by atoms with E-state index in [1.54, 1.807) is 55.6 Å². The van der Waals surface area contributed by atoms with Crippen molar-refractivity contribution in [1.29, 1.82) is 0 Å². The van der Waals surface area contributed by atoms with Crippen LogP contribution in [0.5, 0.6) is 17.2 Å². The van der Waals surface area contributed by atoms with Crippen molar-refractivity contribution in [2.45, 2.75) is 13.3 Å². The number of esters is 1. The zero-order valence-electron chi connectivity index (χ0n) is 18.1. The summed E-state index contributed by atoms with van der Waals surface area (Å²) in [5, 5.41) is 0.610. The molecule has 1 heterocycles. The summed E-state index contributed by atoms with van der Waals surface area (Å²) in [6, 6.07) is 19.1. The second-order valence-corrected chi connectivity index (χ2v) is 7.78. The van der Waals surface area contributed by atoms with Crippen LogP contribution >= 0.6 is 11.6 Å². The first-order valence-electron chi connectivity index (χ1n) is 10.3. The van der Waals surface area contributed by atoms with Gasteiger partial charge < -0.3 is 18.6 Å². The Balaban J connectivity index is 1.58. The molecule has 168 valence electrons. The molecule has 0 amide bonds. The highest BCUT2D eigenvalue weighted by molar-refractivity contribution is 6.31. The predicted octanol–water partition coefficient (Wildman–Crippen LogP) is 5.80. The van der Waals surface area contributed by atoms with E-state index in [2.05, 4.69) is 0 Å². The molecule has 0 aliphatic rings. The van der Waals surface area contributed by atoms with Gasteiger partial charge in [-0.2, -0.15) is 0 Å². The summed E-state index contributed by atoms with van der Waals surface area (Å²) in [7, 11) is 1.58. The van der Waals surface area contributed by atoms with Crippen LogP contribution in [0.25, 0.3) is 22.3 Å². The molecule has 4 rings (SSSR count). The number of methoxy groups -OCH3 is 1. The third-order valence-corrected chi connectivity index (χ3v) is 5.21. The van der Waals surface area contributed by atoms with Crippen molar-refractivity contribution in [3.05, 3.63) is 87.5 Å². The topological polar surface area (TPSA) is 75.0 Å². The monoisotopic (exact) mass is 464 g/mol. The first-order chi connectivity index (χ1) is 15.9. The van der Waals surface area contributed by atoms with Gasteiger partial charge in [0.15, 0.2) is 5.76 Å². The lowest BCUT2D eigenvalue weighted by molar-refractivity contribution is -0.135. The van der Waals surface area contributed by atoms with E-state index in [-0.39, 0.29) is 29.9 Å². The van der Waals surface area contributed by atoms with Gasteiger partial charge in [0.05, 0.1) is 25.5 Å². The minimum absolute atomic E-state index is 0.0631. The summed E-state index contributed by atoms with van der Waals surface area (Å²) in [5.41, 5.74) is 1.54. The molecule has 0 saturated carbocycles. The molecule has 0 N–H and O–H groups in total. The molecule has 4 aromatic rings. The fourth-order valence-corrected chi connectivity index (χ4v) is 3.40. The maximum Gasteiger partial charge on any atom is 0.314 e.